The number of carbonyl (C=O) groups excluding carboxylic acids is 1. The molecule has 0 aliphatic heterocycles. The van der Waals surface area contributed by atoms with Gasteiger partial charge in [0.25, 0.3) is 0 Å². The second-order valence-corrected chi connectivity index (χ2v) is 6.43. The Kier molecular flexibility index (Phi) is 5.63. The molecule has 0 saturated heterocycles. The first-order chi connectivity index (χ1) is 12.7. The van der Waals surface area contributed by atoms with E-state index in [0.717, 1.165) is 40.7 Å². The van der Waals surface area contributed by atoms with Gasteiger partial charge in [-0.1, -0.05) is 79.4 Å². The Labute approximate surface area is 155 Å². The Morgan fingerprint density at radius 1 is 1.12 bits per heavy atom. The minimum absolute atomic E-state index is 0.579. The van der Waals surface area contributed by atoms with Gasteiger partial charge in [-0.25, -0.2) is 4.79 Å². The quantitative estimate of drug-likeness (QED) is 0.475. The standard InChI is InChI=1S/C25H22O/c1-19-17-23(20(2)22-11-7-4-8-12-22)15-16-25(19)24(18-26)14-13-21-9-5-3-6-10-21/h3-5,7-9,11-17H,2,6,10H2,1H3/b14-13+. The summed E-state index contributed by atoms with van der Waals surface area (Å²) in [5.41, 5.74) is 6.90. The predicted molar refractivity (Wildman–Crippen MR) is 110 cm³/mol. The molecule has 0 heterocycles. The molecule has 0 radical (unpaired) electrons. The highest BCUT2D eigenvalue weighted by molar-refractivity contribution is 5.95. The van der Waals surface area contributed by atoms with Crippen molar-refractivity contribution in [2.24, 2.45) is 0 Å². The van der Waals surface area contributed by atoms with Crippen molar-refractivity contribution in [2.45, 2.75) is 19.8 Å². The van der Waals surface area contributed by atoms with Crippen molar-refractivity contribution in [3.05, 3.63) is 113 Å². The van der Waals surface area contributed by atoms with Crippen LogP contribution >= 0.6 is 0 Å². The number of hydrogen-bond acceptors (Lipinski definition) is 1. The van der Waals surface area contributed by atoms with Gasteiger partial charge in [0.1, 0.15) is 5.94 Å². The van der Waals surface area contributed by atoms with Crippen LogP contribution < -0.4 is 0 Å². The molecule has 128 valence electrons. The normalized spacial score (nSPS) is 13.3. The number of hydrogen-bond donors (Lipinski definition) is 0. The van der Waals surface area contributed by atoms with E-state index < -0.39 is 0 Å². The van der Waals surface area contributed by atoms with Crippen molar-refractivity contribution in [1.82, 2.24) is 0 Å². The summed E-state index contributed by atoms with van der Waals surface area (Å²) in [6.07, 6.45) is 12.2. The molecule has 0 N–H and O–H groups in total. The zero-order chi connectivity index (χ0) is 18.4. The Morgan fingerprint density at radius 2 is 1.92 bits per heavy atom. The minimum atomic E-state index is 0.579. The van der Waals surface area contributed by atoms with E-state index in [0.29, 0.717) is 5.57 Å². The lowest BCUT2D eigenvalue weighted by Crippen LogP contribution is -1.92. The average molecular weight is 338 g/mol. The molecule has 0 amide bonds. The van der Waals surface area contributed by atoms with Crippen LogP contribution in [0.3, 0.4) is 0 Å². The fourth-order valence-corrected chi connectivity index (χ4v) is 3.09. The lowest BCUT2D eigenvalue weighted by atomic mass is 9.93. The van der Waals surface area contributed by atoms with Crippen LogP contribution in [0.5, 0.6) is 0 Å². The van der Waals surface area contributed by atoms with Crippen molar-refractivity contribution >= 4 is 17.1 Å². The lowest BCUT2D eigenvalue weighted by molar-refractivity contribution is 0.569. The van der Waals surface area contributed by atoms with Crippen LogP contribution in [-0.2, 0) is 4.79 Å². The molecule has 0 fully saturated rings. The van der Waals surface area contributed by atoms with E-state index in [1.54, 1.807) is 0 Å². The average Bonchev–Trinajstić information content (AvgIpc) is 2.70. The highest BCUT2D eigenvalue weighted by Crippen LogP contribution is 2.26. The summed E-state index contributed by atoms with van der Waals surface area (Å²) in [7, 11) is 0. The molecule has 1 heteroatoms. The first-order valence-corrected chi connectivity index (χ1v) is 8.83. The third kappa shape index (κ3) is 4.08. The minimum Gasteiger partial charge on any atom is -0.233 e. The van der Waals surface area contributed by atoms with Gasteiger partial charge in [-0.15, -0.1) is 0 Å². The highest BCUT2D eigenvalue weighted by Gasteiger charge is 2.08. The number of rotatable bonds is 5. The summed E-state index contributed by atoms with van der Waals surface area (Å²) in [6, 6.07) is 16.2. The summed E-state index contributed by atoms with van der Waals surface area (Å²) in [6.45, 7) is 6.24. The maximum absolute atomic E-state index is 11.5. The highest BCUT2D eigenvalue weighted by atomic mass is 16.1. The van der Waals surface area contributed by atoms with Crippen molar-refractivity contribution < 1.29 is 4.79 Å². The molecule has 1 aliphatic carbocycles. The number of aryl methyl sites for hydroxylation is 1. The van der Waals surface area contributed by atoms with E-state index in [1.807, 2.05) is 49.4 Å². The van der Waals surface area contributed by atoms with Crippen LogP contribution in [0.1, 0.15) is 35.1 Å². The summed E-state index contributed by atoms with van der Waals surface area (Å²) in [5, 5.41) is 0. The summed E-state index contributed by atoms with van der Waals surface area (Å²) >= 11 is 0. The van der Waals surface area contributed by atoms with Gasteiger partial charge >= 0.3 is 0 Å². The second kappa shape index (κ2) is 8.29. The molecule has 2 aromatic carbocycles. The maximum atomic E-state index is 11.5. The van der Waals surface area contributed by atoms with Crippen LogP contribution in [-0.4, -0.2) is 5.94 Å². The van der Waals surface area contributed by atoms with Crippen LogP contribution in [0, 0.1) is 6.92 Å². The van der Waals surface area contributed by atoms with Gasteiger partial charge in [0.15, 0.2) is 0 Å². The molecule has 3 rings (SSSR count). The van der Waals surface area contributed by atoms with Crippen molar-refractivity contribution in [1.29, 1.82) is 0 Å². The number of allylic oxidation sites excluding steroid dienone is 7. The van der Waals surface area contributed by atoms with E-state index in [9.17, 15) is 4.79 Å². The molecular formula is C25H22O. The topological polar surface area (TPSA) is 17.1 Å². The fourth-order valence-electron chi connectivity index (χ4n) is 3.09. The van der Waals surface area contributed by atoms with Crippen molar-refractivity contribution in [2.75, 3.05) is 0 Å². The number of benzene rings is 2. The maximum Gasteiger partial charge on any atom is 0.133 e. The van der Waals surface area contributed by atoms with E-state index in [2.05, 4.69) is 48.9 Å². The van der Waals surface area contributed by atoms with Gasteiger partial charge in [0.2, 0.25) is 0 Å². The van der Waals surface area contributed by atoms with Crippen LogP contribution in [0.2, 0.25) is 0 Å². The Hall–Kier alpha value is -3.15. The van der Waals surface area contributed by atoms with Gasteiger partial charge in [-0.3, -0.25) is 0 Å². The summed E-state index contributed by atoms with van der Waals surface area (Å²) < 4.78 is 0. The zero-order valence-electron chi connectivity index (χ0n) is 15.0. The molecule has 1 nitrogen and oxygen atoms in total. The van der Waals surface area contributed by atoms with E-state index in [-0.39, 0.29) is 0 Å². The Morgan fingerprint density at radius 3 is 2.58 bits per heavy atom. The van der Waals surface area contributed by atoms with E-state index >= 15 is 0 Å². The van der Waals surface area contributed by atoms with E-state index in [4.69, 9.17) is 0 Å². The van der Waals surface area contributed by atoms with Crippen LogP contribution in [0.15, 0.2) is 91.1 Å². The zero-order valence-corrected chi connectivity index (χ0v) is 15.0. The molecule has 2 aromatic rings. The molecule has 0 saturated carbocycles. The first kappa shape index (κ1) is 17.7. The van der Waals surface area contributed by atoms with Gasteiger partial charge in [0, 0.05) is 0 Å². The fraction of sp³-hybridized carbons (Fsp3) is 0.120. The van der Waals surface area contributed by atoms with Gasteiger partial charge in [0.05, 0.1) is 5.57 Å². The Balaban J connectivity index is 1.85. The third-order valence-corrected chi connectivity index (χ3v) is 4.61. The van der Waals surface area contributed by atoms with Crippen molar-refractivity contribution in [3.8, 4) is 0 Å². The monoisotopic (exact) mass is 338 g/mol. The van der Waals surface area contributed by atoms with Gasteiger partial charge < -0.3 is 0 Å². The molecule has 26 heavy (non-hydrogen) atoms. The molecule has 0 unspecified atom stereocenters. The van der Waals surface area contributed by atoms with Gasteiger partial charge in [-0.2, -0.15) is 0 Å². The third-order valence-electron chi connectivity index (χ3n) is 4.61. The molecule has 0 bridgehead atoms. The van der Waals surface area contributed by atoms with Crippen molar-refractivity contribution in [3.63, 3.8) is 0 Å². The van der Waals surface area contributed by atoms with E-state index in [1.165, 1.54) is 5.57 Å². The van der Waals surface area contributed by atoms with Crippen LogP contribution in [0.25, 0.3) is 11.1 Å². The van der Waals surface area contributed by atoms with Gasteiger partial charge in [-0.05, 0) is 59.2 Å². The SMILES string of the molecule is C=C(c1ccccc1)c1ccc(C(=C=O)/C=C/C2=CC=CCC2)c(C)c1. The molecule has 0 atom stereocenters. The molecule has 0 spiro atoms. The summed E-state index contributed by atoms with van der Waals surface area (Å²) in [4.78, 5) is 11.5. The second-order valence-electron chi connectivity index (χ2n) is 6.43. The lowest BCUT2D eigenvalue weighted by Gasteiger charge is -2.11. The predicted octanol–water partition coefficient (Wildman–Crippen LogP) is 6.10. The smallest absolute Gasteiger partial charge is 0.133 e. The van der Waals surface area contributed by atoms with Crippen LogP contribution in [0.4, 0.5) is 0 Å². The summed E-state index contributed by atoms with van der Waals surface area (Å²) in [5.74, 6) is 2.09. The molecule has 1 aliphatic rings. The first-order valence-electron chi connectivity index (χ1n) is 8.83. The molecular weight excluding hydrogens is 316 g/mol. The Bertz CT molecular complexity index is 949. The largest absolute Gasteiger partial charge is 0.233 e. The molecule has 0 aromatic heterocycles.